The van der Waals surface area contributed by atoms with Gasteiger partial charge in [0.1, 0.15) is 25.6 Å². The third-order valence-electron chi connectivity index (χ3n) is 4.74. The van der Waals surface area contributed by atoms with Crippen molar-refractivity contribution in [2.75, 3.05) is 13.3 Å². The van der Waals surface area contributed by atoms with Crippen molar-refractivity contribution in [2.45, 2.75) is 26.8 Å². The van der Waals surface area contributed by atoms with E-state index in [0.29, 0.717) is 23.6 Å². The highest BCUT2D eigenvalue weighted by molar-refractivity contribution is 6.32. The van der Waals surface area contributed by atoms with Gasteiger partial charge in [-0.15, -0.1) is 0 Å². The Labute approximate surface area is 190 Å². The average molecular weight is 459 g/mol. The fourth-order valence-corrected chi connectivity index (χ4v) is 3.57. The smallest absolute Gasteiger partial charge is 0.257 e. The van der Waals surface area contributed by atoms with Gasteiger partial charge in [0, 0.05) is 35.0 Å². The summed E-state index contributed by atoms with van der Waals surface area (Å²) in [5.41, 5.74) is 8.55. The molecule has 0 saturated carbocycles. The fraction of sp³-hybridized carbons (Fsp3) is 0.261. The number of alkyl halides is 1. The van der Waals surface area contributed by atoms with Crippen molar-refractivity contribution < 1.29 is 18.4 Å². The maximum absolute atomic E-state index is 12.4. The minimum atomic E-state index is -0.613. The van der Waals surface area contributed by atoms with Crippen molar-refractivity contribution in [3.8, 4) is 0 Å². The number of allylic oxidation sites excluding steroid dienone is 8. The Balaban J connectivity index is 1.91. The molecule has 168 valence electrons. The van der Waals surface area contributed by atoms with Crippen molar-refractivity contribution in [1.82, 2.24) is 14.7 Å². The van der Waals surface area contributed by atoms with Gasteiger partial charge >= 0.3 is 0 Å². The molecular formula is C23H24ClFN4O3. The standard InChI is InChI=1S/C23H24ClFN4O3/c1-3-15(13-18(24)20(4-2)31-12-10-25)23-27-22(28-32-23)17-7-5-6-8-19-16(17)9-11-29(19)14-21(26)30/h3-7,9,11,13H,8,10,12,14H2,1-2H3,(H2,26,30)/b15-3+,18-13+,20-4+. The van der Waals surface area contributed by atoms with E-state index in [0.717, 1.165) is 16.8 Å². The summed E-state index contributed by atoms with van der Waals surface area (Å²) in [7, 11) is 0. The number of ether oxygens (including phenoxy) is 1. The highest BCUT2D eigenvalue weighted by Crippen LogP contribution is 2.30. The Morgan fingerprint density at radius 1 is 1.41 bits per heavy atom. The van der Waals surface area contributed by atoms with Crippen LogP contribution >= 0.6 is 11.6 Å². The van der Waals surface area contributed by atoms with Crippen LogP contribution in [-0.2, 0) is 22.5 Å². The van der Waals surface area contributed by atoms with E-state index in [4.69, 9.17) is 26.6 Å². The second kappa shape index (κ2) is 10.8. The summed E-state index contributed by atoms with van der Waals surface area (Å²) in [6.45, 7) is 2.96. The predicted octanol–water partition coefficient (Wildman–Crippen LogP) is 4.32. The van der Waals surface area contributed by atoms with E-state index in [1.54, 1.807) is 25.2 Å². The van der Waals surface area contributed by atoms with E-state index in [-0.39, 0.29) is 24.1 Å². The van der Waals surface area contributed by atoms with Crippen LogP contribution in [0.1, 0.15) is 36.8 Å². The van der Waals surface area contributed by atoms with Gasteiger partial charge < -0.3 is 19.6 Å². The highest BCUT2D eigenvalue weighted by Gasteiger charge is 2.21. The van der Waals surface area contributed by atoms with Gasteiger partial charge in [0.2, 0.25) is 11.7 Å². The molecule has 1 aliphatic rings. The van der Waals surface area contributed by atoms with Crippen LogP contribution in [0, 0.1) is 0 Å². The molecule has 2 aromatic rings. The number of halogens is 2. The normalized spacial score (nSPS) is 14.8. The van der Waals surface area contributed by atoms with E-state index in [2.05, 4.69) is 10.1 Å². The molecule has 0 bridgehead atoms. The second-order valence-electron chi connectivity index (χ2n) is 6.83. The maximum atomic E-state index is 12.4. The number of amides is 1. The number of hydrogen-bond acceptors (Lipinski definition) is 5. The molecule has 0 radical (unpaired) electrons. The van der Waals surface area contributed by atoms with Crippen molar-refractivity contribution in [3.63, 3.8) is 0 Å². The third kappa shape index (κ3) is 5.26. The van der Waals surface area contributed by atoms with Crippen molar-refractivity contribution >= 4 is 28.7 Å². The van der Waals surface area contributed by atoms with Crippen molar-refractivity contribution in [1.29, 1.82) is 0 Å². The van der Waals surface area contributed by atoms with Crippen LogP contribution in [-0.4, -0.2) is 33.9 Å². The first-order valence-corrected chi connectivity index (χ1v) is 10.4. The van der Waals surface area contributed by atoms with Crippen LogP contribution < -0.4 is 5.73 Å². The highest BCUT2D eigenvalue weighted by atomic mass is 35.5. The number of aromatic nitrogens is 3. The van der Waals surface area contributed by atoms with E-state index in [1.165, 1.54) is 0 Å². The first-order chi connectivity index (χ1) is 15.5. The van der Waals surface area contributed by atoms with Gasteiger partial charge in [-0.1, -0.05) is 41.1 Å². The zero-order valence-electron chi connectivity index (χ0n) is 17.8. The minimum Gasteiger partial charge on any atom is -0.490 e. The number of rotatable bonds is 9. The molecule has 0 aliphatic heterocycles. The molecule has 0 aromatic carbocycles. The molecule has 9 heteroatoms. The van der Waals surface area contributed by atoms with Gasteiger partial charge in [0.05, 0.1) is 5.03 Å². The molecule has 0 unspecified atom stereocenters. The topological polar surface area (TPSA) is 96.2 Å². The largest absolute Gasteiger partial charge is 0.490 e. The molecule has 1 amide bonds. The summed E-state index contributed by atoms with van der Waals surface area (Å²) in [6, 6.07) is 1.90. The van der Waals surface area contributed by atoms with Crippen LogP contribution in [0.2, 0.25) is 0 Å². The summed E-state index contributed by atoms with van der Waals surface area (Å²) in [6.07, 6.45) is 13.3. The molecule has 0 atom stereocenters. The Bertz CT molecular complexity index is 1140. The quantitative estimate of drug-likeness (QED) is 0.446. The fourth-order valence-electron chi connectivity index (χ4n) is 3.29. The lowest BCUT2D eigenvalue weighted by Gasteiger charge is -2.08. The molecule has 2 heterocycles. The lowest BCUT2D eigenvalue weighted by Crippen LogP contribution is -2.19. The number of nitrogens with zero attached hydrogens (tertiary/aromatic N) is 3. The Morgan fingerprint density at radius 2 is 2.22 bits per heavy atom. The number of primary amides is 1. The maximum Gasteiger partial charge on any atom is 0.257 e. The third-order valence-corrected chi connectivity index (χ3v) is 5.04. The zero-order valence-corrected chi connectivity index (χ0v) is 18.6. The summed E-state index contributed by atoms with van der Waals surface area (Å²) in [4.78, 5) is 15.9. The molecule has 7 nitrogen and oxygen atoms in total. The first-order valence-electron chi connectivity index (χ1n) is 10.0. The van der Waals surface area contributed by atoms with E-state index in [1.807, 2.05) is 42.0 Å². The van der Waals surface area contributed by atoms with Crippen LogP contribution in [0.25, 0.3) is 11.1 Å². The summed E-state index contributed by atoms with van der Waals surface area (Å²) < 4.78 is 25.0. The molecule has 2 N–H and O–H groups in total. The molecule has 0 saturated heterocycles. The van der Waals surface area contributed by atoms with Gasteiger partial charge in [-0.05, 0) is 32.1 Å². The van der Waals surface area contributed by atoms with E-state index >= 15 is 0 Å². The van der Waals surface area contributed by atoms with Crippen LogP contribution in [0.4, 0.5) is 4.39 Å². The summed E-state index contributed by atoms with van der Waals surface area (Å²) >= 11 is 6.35. The van der Waals surface area contributed by atoms with Gasteiger partial charge in [-0.2, -0.15) is 4.98 Å². The molecule has 3 rings (SSSR count). The SMILES string of the molecule is C\C=C(OCCF)/C(Cl)=C\C(=C/C)c1nc(C2=CC=CCc3c2ccn3CC(N)=O)no1. The second-order valence-corrected chi connectivity index (χ2v) is 7.24. The van der Waals surface area contributed by atoms with Crippen LogP contribution in [0.15, 0.2) is 64.0 Å². The van der Waals surface area contributed by atoms with Gasteiger partial charge in [0.15, 0.2) is 0 Å². The molecule has 2 aromatic heterocycles. The number of carbonyl (C=O) groups is 1. The lowest BCUT2D eigenvalue weighted by atomic mass is 10.1. The first kappa shape index (κ1) is 23.3. The summed E-state index contributed by atoms with van der Waals surface area (Å²) in [5, 5.41) is 4.43. The molecule has 0 spiro atoms. The molecule has 1 aliphatic carbocycles. The predicted molar refractivity (Wildman–Crippen MR) is 121 cm³/mol. The number of nitrogens with two attached hydrogens (primary N) is 1. The molecule has 32 heavy (non-hydrogen) atoms. The zero-order chi connectivity index (χ0) is 23.1. The average Bonchev–Trinajstić information content (AvgIpc) is 3.35. The number of hydrogen-bond donors (Lipinski definition) is 1. The molecule has 0 fully saturated rings. The number of carbonyl (C=O) groups excluding carboxylic acids is 1. The molecular weight excluding hydrogens is 435 g/mol. The van der Waals surface area contributed by atoms with Gasteiger partial charge in [-0.3, -0.25) is 4.79 Å². The van der Waals surface area contributed by atoms with Crippen LogP contribution in [0.3, 0.4) is 0 Å². The van der Waals surface area contributed by atoms with Crippen molar-refractivity contribution in [3.05, 3.63) is 82.5 Å². The van der Waals surface area contributed by atoms with Gasteiger partial charge in [0.25, 0.3) is 5.89 Å². The van der Waals surface area contributed by atoms with Crippen molar-refractivity contribution in [2.24, 2.45) is 5.73 Å². The van der Waals surface area contributed by atoms with Gasteiger partial charge in [-0.25, -0.2) is 4.39 Å². The van der Waals surface area contributed by atoms with Crippen LogP contribution in [0.5, 0.6) is 0 Å². The van der Waals surface area contributed by atoms with E-state index < -0.39 is 12.6 Å². The Kier molecular flexibility index (Phi) is 7.83. The summed E-state index contributed by atoms with van der Waals surface area (Å²) in [5.74, 6) is 0.615. The Hall–Kier alpha value is -3.39. The minimum absolute atomic E-state index is 0.0843. The lowest BCUT2D eigenvalue weighted by molar-refractivity contribution is -0.118. The number of fused-ring (bicyclic) bond motifs is 1. The Morgan fingerprint density at radius 3 is 2.91 bits per heavy atom. The monoisotopic (exact) mass is 458 g/mol. The van der Waals surface area contributed by atoms with E-state index in [9.17, 15) is 9.18 Å².